The van der Waals surface area contributed by atoms with E-state index in [4.69, 9.17) is 4.74 Å². The molecule has 7 nitrogen and oxygen atoms in total. The van der Waals surface area contributed by atoms with Crippen LogP contribution in [0.3, 0.4) is 0 Å². The van der Waals surface area contributed by atoms with Crippen molar-refractivity contribution in [2.45, 2.75) is 53.0 Å². The average Bonchev–Trinajstić information content (AvgIpc) is 3.36. The lowest BCUT2D eigenvalue weighted by atomic mass is 9.78. The van der Waals surface area contributed by atoms with Gasteiger partial charge >= 0.3 is 0 Å². The van der Waals surface area contributed by atoms with Gasteiger partial charge in [0.2, 0.25) is 5.95 Å². The van der Waals surface area contributed by atoms with Crippen molar-refractivity contribution in [3.63, 3.8) is 0 Å². The highest BCUT2D eigenvalue weighted by atomic mass is 16.5. The number of anilines is 1. The van der Waals surface area contributed by atoms with Crippen molar-refractivity contribution < 1.29 is 9.53 Å². The molecule has 0 N–H and O–H groups in total. The van der Waals surface area contributed by atoms with Crippen molar-refractivity contribution in [1.82, 2.24) is 14.5 Å². The Morgan fingerprint density at radius 1 is 1.06 bits per heavy atom. The van der Waals surface area contributed by atoms with Crippen LogP contribution in [-0.4, -0.2) is 40.5 Å². The first kappa shape index (κ1) is 23.3. The quantitative estimate of drug-likeness (QED) is 0.501. The van der Waals surface area contributed by atoms with E-state index >= 15 is 0 Å². The van der Waals surface area contributed by atoms with E-state index in [1.807, 2.05) is 18.5 Å². The lowest BCUT2D eigenvalue weighted by Crippen LogP contribution is -2.32. The Kier molecular flexibility index (Phi) is 5.74. The van der Waals surface area contributed by atoms with Crippen molar-refractivity contribution in [1.29, 1.82) is 0 Å². The Hall–Kier alpha value is -3.48. The number of aromatic nitrogens is 3. The van der Waals surface area contributed by atoms with Crippen molar-refractivity contribution in [2.24, 2.45) is 5.41 Å². The number of pyridine rings is 1. The number of benzene rings is 1. The summed E-state index contributed by atoms with van der Waals surface area (Å²) in [5.41, 5.74) is 4.62. The topological polar surface area (TPSA) is 77.3 Å². The molecule has 0 aliphatic carbocycles. The SMILES string of the molecule is COc1cc2c(cc1-c1cnc(N3CCCC3)nc1)CC(C(C)(C)C)n1cc(C(C)=O)c(=O)cc1-2. The van der Waals surface area contributed by atoms with E-state index in [2.05, 4.69) is 46.3 Å². The summed E-state index contributed by atoms with van der Waals surface area (Å²) in [5.74, 6) is 1.25. The third-order valence-electron chi connectivity index (χ3n) is 7.25. The standard InChI is InChI=1S/C28H32N4O3/c1-17(33)22-16-32-23(13-24(22)34)20-12-25(35-5)21(10-18(20)11-26(32)28(2,3)4)19-14-29-27(30-15-19)31-8-6-7-9-31/h10,12-16,26H,6-9,11H2,1-5H3. The first-order valence-corrected chi connectivity index (χ1v) is 12.2. The van der Waals surface area contributed by atoms with Gasteiger partial charge in [-0.1, -0.05) is 20.8 Å². The summed E-state index contributed by atoms with van der Waals surface area (Å²) in [6.45, 7) is 10.0. The van der Waals surface area contributed by atoms with Crippen LogP contribution in [0.2, 0.25) is 0 Å². The number of hydrogen-bond acceptors (Lipinski definition) is 6. The van der Waals surface area contributed by atoms with E-state index in [1.165, 1.54) is 19.8 Å². The van der Waals surface area contributed by atoms with Crippen molar-refractivity contribution in [3.05, 3.63) is 58.1 Å². The van der Waals surface area contributed by atoms with Crippen LogP contribution in [0.15, 0.2) is 41.6 Å². The summed E-state index contributed by atoms with van der Waals surface area (Å²) in [4.78, 5) is 36.4. The Morgan fingerprint density at radius 2 is 1.74 bits per heavy atom. The lowest BCUT2D eigenvalue weighted by molar-refractivity contribution is 0.101. The van der Waals surface area contributed by atoms with E-state index in [-0.39, 0.29) is 28.2 Å². The molecule has 0 amide bonds. The van der Waals surface area contributed by atoms with E-state index in [1.54, 1.807) is 19.4 Å². The zero-order chi connectivity index (χ0) is 24.9. The molecule has 4 heterocycles. The van der Waals surface area contributed by atoms with Gasteiger partial charge in [-0.05, 0) is 49.3 Å². The molecule has 1 saturated heterocycles. The second-order valence-corrected chi connectivity index (χ2v) is 10.7. The van der Waals surface area contributed by atoms with Crippen molar-refractivity contribution >= 4 is 11.7 Å². The minimum atomic E-state index is -0.252. The minimum Gasteiger partial charge on any atom is -0.496 e. The molecule has 0 spiro atoms. The van der Waals surface area contributed by atoms with E-state index in [0.717, 1.165) is 53.4 Å². The summed E-state index contributed by atoms with van der Waals surface area (Å²) in [6.07, 6.45) is 8.60. The largest absolute Gasteiger partial charge is 0.496 e. The van der Waals surface area contributed by atoms with Gasteiger partial charge in [0.15, 0.2) is 11.2 Å². The highest BCUT2D eigenvalue weighted by Crippen LogP contribution is 2.45. The molecule has 5 rings (SSSR count). The second kappa shape index (κ2) is 8.63. The predicted octanol–water partition coefficient (Wildman–Crippen LogP) is 4.93. The fraction of sp³-hybridized carbons (Fsp3) is 0.429. The normalized spacial score (nSPS) is 17.2. The molecule has 2 aromatic heterocycles. The molecule has 1 unspecified atom stereocenters. The van der Waals surface area contributed by atoms with Crippen LogP contribution < -0.4 is 15.1 Å². The van der Waals surface area contributed by atoms with Gasteiger partial charge in [-0.15, -0.1) is 0 Å². The van der Waals surface area contributed by atoms with Crippen LogP contribution in [0.1, 0.15) is 62.5 Å². The number of carbonyl (C=O) groups is 1. The number of ether oxygens (including phenoxy) is 1. The maximum Gasteiger partial charge on any atom is 0.225 e. The number of hydrogen-bond donors (Lipinski definition) is 0. The fourth-order valence-electron chi connectivity index (χ4n) is 5.29. The van der Waals surface area contributed by atoms with Gasteiger partial charge < -0.3 is 14.2 Å². The maximum atomic E-state index is 12.8. The Labute approximate surface area is 205 Å². The van der Waals surface area contributed by atoms with Crippen LogP contribution in [0.25, 0.3) is 22.4 Å². The zero-order valence-electron chi connectivity index (χ0n) is 21.1. The zero-order valence-corrected chi connectivity index (χ0v) is 21.1. The maximum absolute atomic E-state index is 12.8. The van der Waals surface area contributed by atoms with Crippen molar-refractivity contribution in [3.8, 4) is 28.1 Å². The molecule has 2 aliphatic rings. The Morgan fingerprint density at radius 3 is 2.34 bits per heavy atom. The molecule has 0 bridgehead atoms. The van der Waals surface area contributed by atoms with Gasteiger partial charge in [0.25, 0.3) is 0 Å². The molecular weight excluding hydrogens is 440 g/mol. The number of rotatable bonds is 4. The van der Waals surface area contributed by atoms with Gasteiger partial charge in [-0.2, -0.15) is 0 Å². The first-order valence-electron chi connectivity index (χ1n) is 12.2. The molecule has 3 aromatic rings. The highest BCUT2D eigenvalue weighted by molar-refractivity contribution is 5.94. The monoisotopic (exact) mass is 472 g/mol. The summed E-state index contributed by atoms with van der Waals surface area (Å²) in [7, 11) is 1.65. The number of Topliss-reactive ketones (excluding diaryl/α,β-unsaturated/α-hetero) is 1. The van der Waals surface area contributed by atoms with E-state index in [9.17, 15) is 9.59 Å². The molecule has 0 saturated carbocycles. The van der Waals surface area contributed by atoms with Crippen LogP contribution in [0, 0.1) is 5.41 Å². The third kappa shape index (κ3) is 4.13. The number of nitrogens with zero attached hydrogens (tertiary/aromatic N) is 4. The number of fused-ring (bicyclic) bond motifs is 3. The van der Waals surface area contributed by atoms with Crippen molar-refractivity contribution in [2.75, 3.05) is 25.1 Å². The average molecular weight is 473 g/mol. The molecule has 1 fully saturated rings. The van der Waals surface area contributed by atoms with E-state index in [0.29, 0.717) is 5.75 Å². The Balaban J connectivity index is 1.64. The second-order valence-electron chi connectivity index (χ2n) is 10.7. The van der Waals surface area contributed by atoms with E-state index < -0.39 is 0 Å². The predicted molar refractivity (Wildman–Crippen MR) is 137 cm³/mol. The minimum absolute atomic E-state index is 0.0822. The molecule has 0 radical (unpaired) electrons. The van der Waals surface area contributed by atoms with Crippen LogP contribution >= 0.6 is 0 Å². The highest BCUT2D eigenvalue weighted by Gasteiger charge is 2.34. The smallest absolute Gasteiger partial charge is 0.225 e. The molecular formula is C28H32N4O3. The molecule has 2 aliphatic heterocycles. The van der Waals surface area contributed by atoms with Gasteiger partial charge in [0, 0.05) is 60.5 Å². The number of methoxy groups -OCH3 is 1. The third-order valence-corrected chi connectivity index (χ3v) is 7.25. The molecule has 182 valence electrons. The number of carbonyl (C=O) groups excluding carboxylic acids is 1. The summed E-state index contributed by atoms with van der Waals surface area (Å²) in [6, 6.07) is 5.82. The van der Waals surface area contributed by atoms with Crippen LogP contribution in [-0.2, 0) is 6.42 Å². The Bertz CT molecular complexity index is 1350. The van der Waals surface area contributed by atoms with Gasteiger partial charge in [0.05, 0.1) is 18.4 Å². The molecule has 7 heteroatoms. The van der Waals surface area contributed by atoms with Gasteiger partial charge in [-0.25, -0.2) is 9.97 Å². The van der Waals surface area contributed by atoms with Crippen LogP contribution in [0.4, 0.5) is 5.95 Å². The fourth-order valence-corrected chi connectivity index (χ4v) is 5.29. The van der Waals surface area contributed by atoms with Crippen LogP contribution in [0.5, 0.6) is 5.75 Å². The molecule has 1 aromatic carbocycles. The van der Waals surface area contributed by atoms with Gasteiger partial charge in [0.1, 0.15) is 5.75 Å². The summed E-state index contributed by atoms with van der Waals surface area (Å²) in [5, 5.41) is 0. The van der Waals surface area contributed by atoms with Gasteiger partial charge in [-0.3, -0.25) is 9.59 Å². The first-order chi connectivity index (χ1) is 16.7. The summed E-state index contributed by atoms with van der Waals surface area (Å²) >= 11 is 0. The molecule has 1 atom stereocenters. The lowest BCUT2D eigenvalue weighted by Gasteiger charge is -2.39. The number of ketones is 1. The summed E-state index contributed by atoms with van der Waals surface area (Å²) < 4.78 is 7.89. The molecule has 35 heavy (non-hydrogen) atoms.